The molecule has 2 aromatic rings. The molecule has 138 valence electrons. The van der Waals surface area contributed by atoms with E-state index in [4.69, 9.17) is 24.7 Å². The second-order valence-electron chi connectivity index (χ2n) is 5.60. The van der Waals surface area contributed by atoms with Crippen LogP contribution in [0.5, 0.6) is 23.0 Å². The summed E-state index contributed by atoms with van der Waals surface area (Å²) in [6.45, 7) is 0.725. The Morgan fingerprint density at radius 3 is 2.04 bits per heavy atom. The van der Waals surface area contributed by atoms with Crippen LogP contribution in [0, 0.1) is 0 Å². The van der Waals surface area contributed by atoms with Crippen molar-refractivity contribution in [3.8, 4) is 23.0 Å². The van der Waals surface area contributed by atoms with Crippen molar-refractivity contribution < 1.29 is 18.9 Å². The fourth-order valence-electron chi connectivity index (χ4n) is 2.92. The number of ether oxygens (including phenoxy) is 4. The number of anilines is 1. The first-order valence-electron chi connectivity index (χ1n) is 8.00. The molecule has 7 heteroatoms. The van der Waals surface area contributed by atoms with Gasteiger partial charge in [0.2, 0.25) is 5.75 Å². The third-order valence-electron chi connectivity index (χ3n) is 4.20. The number of benzene rings is 2. The molecule has 6 nitrogen and oxygen atoms in total. The van der Waals surface area contributed by atoms with Crippen LogP contribution in [-0.2, 0) is 0 Å². The zero-order chi connectivity index (χ0) is 18.7. The number of nitrogens with one attached hydrogen (secondary N) is 1. The maximum absolute atomic E-state index is 6.08. The molecule has 3 N–H and O–H groups in total. The van der Waals surface area contributed by atoms with Gasteiger partial charge in [0.05, 0.1) is 34.1 Å². The van der Waals surface area contributed by atoms with Gasteiger partial charge in [-0.2, -0.15) is 0 Å². The maximum Gasteiger partial charge on any atom is 0.203 e. The molecule has 0 aromatic heterocycles. The first-order chi connectivity index (χ1) is 12.6. The van der Waals surface area contributed by atoms with Crippen molar-refractivity contribution >= 4 is 28.1 Å². The fraction of sp³-hybridized carbons (Fsp3) is 0.263. The minimum absolute atomic E-state index is 0.575. The van der Waals surface area contributed by atoms with Gasteiger partial charge in [0.1, 0.15) is 5.75 Å². The van der Waals surface area contributed by atoms with Crippen LogP contribution in [0.25, 0.3) is 10.5 Å². The van der Waals surface area contributed by atoms with Gasteiger partial charge in [0.25, 0.3) is 0 Å². The highest BCUT2D eigenvalue weighted by atomic mass is 32.2. The van der Waals surface area contributed by atoms with Crippen molar-refractivity contribution in [2.24, 2.45) is 0 Å². The normalized spacial score (nSPS) is 13.7. The molecule has 0 radical (unpaired) electrons. The quantitative estimate of drug-likeness (QED) is 0.593. The lowest BCUT2D eigenvalue weighted by molar-refractivity contribution is 0.324. The fourth-order valence-corrected chi connectivity index (χ4v) is 3.83. The van der Waals surface area contributed by atoms with Crippen LogP contribution in [0.4, 0.5) is 5.69 Å². The third-order valence-corrected chi connectivity index (χ3v) is 5.18. The summed E-state index contributed by atoms with van der Waals surface area (Å²) in [4.78, 5) is 1.09. The monoisotopic (exact) mass is 374 g/mol. The summed E-state index contributed by atoms with van der Waals surface area (Å²) >= 11 is 1.57. The zero-order valence-corrected chi connectivity index (χ0v) is 16.0. The molecule has 0 saturated carbocycles. The molecule has 0 bridgehead atoms. The Hall–Kier alpha value is -2.51. The SMILES string of the molecule is COc1ccc(C2=C(c3cc(OC)c(OC)c(OC)c3)SNC2)cc1N. The van der Waals surface area contributed by atoms with E-state index in [0.717, 1.165) is 28.1 Å². The molecule has 0 spiro atoms. The molecule has 1 aliphatic heterocycles. The van der Waals surface area contributed by atoms with E-state index in [1.165, 1.54) is 0 Å². The predicted octanol–water partition coefficient (Wildman–Crippen LogP) is 3.42. The molecule has 26 heavy (non-hydrogen) atoms. The number of rotatable bonds is 6. The Morgan fingerprint density at radius 1 is 0.846 bits per heavy atom. The highest BCUT2D eigenvalue weighted by molar-refractivity contribution is 8.07. The largest absolute Gasteiger partial charge is 0.495 e. The van der Waals surface area contributed by atoms with Crippen LogP contribution in [0.2, 0.25) is 0 Å². The predicted molar refractivity (Wildman–Crippen MR) is 106 cm³/mol. The van der Waals surface area contributed by atoms with Gasteiger partial charge < -0.3 is 24.7 Å². The summed E-state index contributed by atoms with van der Waals surface area (Å²) in [5.74, 6) is 2.48. The lowest BCUT2D eigenvalue weighted by atomic mass is 10.0. The van der Waals surface area contributed by atoms with Crippen molar-refractivity contribution in [3.05, 3.63) is 41.5 Å². The van der Waals surface area contributed by atoms with Gasteiger partial charge in [-0.15, -0.1) is 0 Å². The van der Waals surface area contributed by atoms with E-state index in [2.05, 4.69) is 4.72 Å². The maximum atomic E-state index is 6.08. The summed E-state index contributed by atoms with van der Waals surface area (Å²) in [7, 11) is 6.43. The molecular formula is C19H22N2O4S. The van der Waals surface area contributed by atoms with E-state index < -0.39 is 0 Å². The molecule has 2 aromatic carbocycles. The van der Waals surface area contributed by atoms with Crippen molar-refractivity contribution in [3.63, 3.8) is 0 Å². The molecule has 0 atom stereocenters. The Morgan fingerprint density at radius 2 is 1.50 bits per heavy atom. The summed E-state index contributed by atoms with van der Waals surface area (Å²) in [5.41, 5.74) is 9.87. The van der Waals surface area contributed by atoms with Gasteiger partial charge in [-0.1, -0.05) is 6.07 Å². The molecule has 3 rings (SSSR count). The number of nitrogen functional groups attached to an aromatic ring is 1. The standard InChI is InChI=1S/C19H22N2O4S/c1-22-15-6-5-11(7-14(15)20)13-10-21-26-19(13)12-8-16(23-2)18(25-4)17(9-12)24-3/h5-9,21H,10,20H2,1-4H3. The van der Waals surface area contributed by atoms with Crippen LogP contribution in [-0.4, -0.2) is 35.0 Å². The molecule has 0 amide bonds. The van der Waals surface area contributed by atoms with E-state index >= 15 is 0 Å². The molecule has 0 aliphatic carbocycles. The van der Waals surface area contributed by atoms with Crippen molar-refractivity contribution in [1.82, 2.24) is 4.72 Å². The van der Waals surface area contributed by atoms with Gasteiger partial charge >= 0.3 is 0 Å². The van der Waals surface area contributed by atoms with E-state index in [0.29, 0.717) is 28.7 Å². The number of methoxy groups -OCH3 is 4. The summed E-state index contributed by atoms with van der Waals surface area (Å²) < 4.78 is 24.9. The summed E-state index contributed by atoms with van der Waals surface area (Å²) in [5, 5.41) is 0. The van der Waals surface area contributed by atoms with E-state index in [-0.39, 0.29) is 0 Å². The number of nitrogens with two attached hydrogens (primary N) is 1. The van der Waals surface area contributed by atoms with Crippen LogP contribution in [0.3, 0.4) is 0 Å². The van der Waals surface area contributed by atoms with Crippen LogP contribution in [0.15, 0.2) is 30.3 Å². The lowest BCUT2D eigenvalue weighted by Gasteiger charge is -2.15. The van der Waals surface area contributed by atoms with Gasteiger partial charge in [-0.3, -0.25) is 4.72 Å². The molecule has 1 aliphatic rings. The van der Waals surface area contributed by atoms with Crippen LogP contribution >= 0.6 is 11.9 Å². The van der Waals surface area contributed by atoms with Crippen molar-refractivity contribution in [2.45, 2.75) is 0 Å². The first kappa shape index (κ1) is 18.3. The number of hydrogen-bond donors (Lipinski definition) is 2. The van der Waals surface area contributed by atoms with Crippen molar-refractivity contribution in [2.75, 3.05) is 40.7 Å². The third kappa shape index (κ3) is 3.27. The Kier molecular flexibility index (Phi) is 5.49. The second-order valence-corrected chi connectivity index (χ2v) is 6.50. The Bertz CT molecular complexity index is 826. The van der Waals surface area contributed by atoms with Gasteiger partial charge in [0, 0.05) is 11.4 Å². The molecule has 0 unspecified atom stereocenters. The average Bonchev–Trinajstić information content (AvgIpc) is 3.16. The van der Waals surface area contributed by atoms with Gasteiger partial charge in [-0.25, -0.2) is 0 Å². The van der Waals surface area contributed by atoms with Crippen molar-refractivity contribution in [1.29, 1.82) is 0 Å². The topological polar surface area (TPSA) is 75.0 Å². The van der Waals surface area contributed by atoms with E-state index in [9.17, 15) is 0 Å². The summed E-state index contributed by atoms with van der Waals surface area (Å²) in [6.07, 6.45) is 0. The smallest absolute Gasteiger partial charge is 0.203 e. The Labute approximate surface area is 157 Å². The van der Waals surface area contributed by atoms with E-state index in [1.54, 1.807) is 40.4 Å². The molecular weight excluding hydrogens is 352 g/mol. The van der Waals surface area contributed by atoms with E-state index in [1.807, 2.05) is 30.3 Å². The molecule has 0 saturated heterocycles. The molecule has 0 fully saturated rings. The van der Waals surface area contributed by atoms with Crippen LogP contribution < -0.4 is 29.4 Å². The van der Waals surface area contributed by atoms with Gasteiger partial charge in [0.15, 0.2) is 11.5 Å². The average molecular weight is 374 g/mol. The molecule has 1 heterocycles. The van der Waals surface area contributed by atoms with Gasteiger partial charge in [-0.05, 0) is 52.9 Å². The number of hydrogen-bond acceptors (Lipinski definition) is 7. The minimum atomic E-state index is 0.575. The summed E-state index contributed by atoms with van der Waals surface area (Å²) in [6, 6.07) is 9.72. The Balaban J connectivity index is 2.12. The lowest BCUT2D eigenvalue weighted by Crippen LogP contribution is -2.00. The van der Waals surface area contributed by atoms with Crippen LogP contribution in [0.1, 0.15) is 11.1 Å². The first-order valence-corrected chi connectivity index (χ1v) is 8.81. The highest BCUT2D eigenvalue weighted by Gasteiger charge is 2.22. The minimum Gasteiger partial charge on any atom is -0.495 e. The highest BCUT2D eigenvalue weighted by Crippen LogP contribution is 2.45. The second kappa shape index (κ2) is 7.80. The zero-order valence-electron chi connectivity index (χ0n) is 15.2.